The Hall–Kier alpha value is -1.13. The van der Waals surface area contributed by atoms with Gasteiger partial charge in [-0.15, -0.1) is 0 Å². The minimum absolute atomic E-state index is 0.271. The van der Waals surface area contributed by atoms with Crippen LogP contribution < -0.4 is 4.74 Å². The summed E-state index contributed by atoms with van der Waals surface area (Å²) in [5.74, 6) is 1.11. The lowest BCUT2D eigenvalue weighted by Crippen LogP contribution is -2.36. The van der Waals surface area contributed by atoms with Crippen molar-refractivity contribution >= 4 is 27.8 Å². The Bertz CT molecular complexity index is 540. The second-order valence-corrected chi connectivity index (χ2v) is 6.10. The molecular formula is C17H22BrNO2. The van der Waals surface area contributed by atoms with Gasteiger partial charge < -0.3 is 4.74 Å². The van der Waals surface area contributed by atoms with Crippen molar-refractivity contribution in [1.82, 2.24) is 4.90 Å². The van der Waals surface area contributed by atoms with Crippen LogP contribution in [0.3, 0.4) is 0 Å². The van der Waals surface area contributed by atoms with Gasteiger partial charge in [-0.25, -0.2) is 0 Å². The fraction of sp³-hybridized carbons (Fsp3) is 0.471. The molecule has 1 aliphatic heterocycles. The van der Waals surface area contributed by atoms with Crippen molar-refractivity contribution in [1.29, 1.82) is 0 Å². The van der Waals surface area contributed by atoms with Gasteiger partial charge in [0.25, 0.3) is 0 Å². The van der Waals surface area contributed by atoms with E-state index in [2.05, 4.69) is 27.8 Å². The zero-order valence-electron chi connectivity index (χ0n) is 12.7. The lowest BCUT2D eigenvalue weighted by atomic mass is 10.00. The van der Waals surface area contributed by atoms with Crippen LogP contribution in [-0.2, 0) is 4.79 Å². The highest BCUT2D eigenvalue weighted by molar-refractivity contribution is 9.10. The van der Waals surface area contributed by atoms with Crippen LogP contribution in [0.5, 0.6) is 5.75 Å². The third kappa shape index (κ3) is 4.42. The summed E-state index contributed by atoms with van der Waals surface area (Å²) in [5, 5.41) is 0. The van der Waals surface area contributed by atoms with Crippen LogP contribution in [0.2, 0.25) is 0 Å². The van der Waals surface area contributed by atoms with Crippen LogP contribution in [0.1, 0.15) is 32.3 Å². The van der Waals surface area contributed by atoms with E-state index in [-0.39, 0.29) is 5.78 Å². The van der Waals surface area contributed by atoms with Crippen molar-refractivity contribution in [2.24, 2.45) is 0 Å². The second kappa shape index (κ2) is 7.76. The highest BCUT2D eigenvalue weighted by Gasteiger charge is 2.20. The molecule has 0 radical (unpaired) electrons. The van der Waals surface area contributed by atoms with Crippen LogP contribution in [-0.4, -0.2) is 36.9 Å². The van der Waals surface area contributed by atoms with E-state index in [1.165, 1.54) is 0 Å². The number of ketones is 1. The molecule has 21 heavy (non-hydrogen) atoms. The molecule has 0 unspecified atom stereocenters. The van der Waals surface area contributed by atoms with E-state index in [1.54, 1.807) is 0 Å². The topological polar surface area (TPSA) is 29.5 Å². The number of likely N-dealkylation sites (tertiary alicyclic amines) is 1. The summed E-state index contributed by atoms with van der Waals surface area (Å²) in [5.41, 5.74) is 1.94. The molecule has 3 nitrogen and oxygen atoms in total. The Morgan fingerprint density at radius 2 is 2.19 bits per heavy atom. The maximum absolute atomic E-state index is 12.1. The minimum Gasteiger partial charge on any atom is -0.493 e. The third-order valence-electron chi connectivity index (χ3n) is 3.54. The maximum atomic E-state index is 12.1. The van der Waals surface area contributed by atoms with Crippen molar-refractivity contribution < 1.29 is 9.53 Å². The quantitative estimate of drug-likeness (QED) is 0.753. The molecule has 0 atom stereocenters. The Morgan fingerprint density at radius 3 is 2.86 bits per heavy atom. The van der Waals surface area contributed by atoms with Crippen LogP contribution >= 0.6 is 15.9 Å². The van der Waals surface area contributed by atoms with E-state index in [9.17, 15) is 4.79 Å². The van der Waals surface area contributed by atoms with Gasteiger partial charge in [0.1, 0.15) is 5.75 Å². The molecule has 0 N–H and O–H groups in total. The van der Waals surface area contributed by atoms with Gasteiger partial charge in [0.15, 0.2) is 5.78 Å². The van der Waals surface area contributed by atoms with Crippen molar-refractivity contribution in [3.8, 4) is 5.75 Å². The van der Waals surface area contributed by atoms with Crippen molar-refractivity contribution in [2.75, 3.05) is 26.2 Å². The highest BCUT2D eigenvalue weighted by atomic mass is 79.9. The largest absolute Gasteiger partial charge is 0.493 e. The summed E-state index contributed by atoms with van der Waals surface area (Å²) in [6, 6.07) is 5.94. The smallest absolute Gasteiger partial charge is 0.161 e. The number of rotatable bonds is 5. The molecule has 0 amide bonds. The van der Waals surface area contributed by atoms with E-state index < -0.39 is 0 Å². The first-order valence-corrected chi connectivity index (χ1v) is 8.31. The van der Waals surface area contributed by atoms with Gasteiger partial charge in [0, 0.05) is 25.1 Å². The number of ether oxygens (including phenoxy) is 1. The normalized spacial score (nSPS) is 18.2. The Balaban J connectivity index is 2.17. The fourth-order valence-corrected chi connectivity index (χ4v) is 3.05. The third-order valence-corrected chi connectivity index (χ3v) is 4.16. The van der Waals surface area contributed by atoms with Crippen LogP contribution in [0.4, 0.5) is 0 Å². The number of benzene rings is 1. The number of carbonyl (C=O) groups is 1. The Morgan fingerprint density at radius 1 is 1.38 bits per heavy atom. The zero-order chi connectivity index (χ0) is 15.2. The standard InChI is InChI=1S/C17H22BrNO2/c1-3-8-19-9-7-16(20)14(12-19)10-13-5-6-17(21-4-2)15(18)11-13/h5-6,10-11H,3-4,7-9,12H2,1-2H3/b14-10+. The first-order chi connectivity index (χ1) is 10.1. The second-order valence-electron chi connectivity index (χ2n) is 5.24. The number of Topliss-reactive ketones (excluding diaryl/α,β-unsaturated/α-hetero) is 1. The predicted molar refractivity (Wildman–Crippen MR) is 89.6 cm³/mol. The molecular weight excluding hydrogens is 330 g/mol. The summed E-state index contributed by atoms with van der Waals surface area (Å²) in [6.45, 7) is 7.48. The number of hydrogen-bond donors (Lipinski definition) is 0. The predicted octanol–water partition coefficient (Wildman–Crippen LogP) is 3.92. The monoisotopic (exact) mass is 351 g/mol. The van der Waals surface area contributed by atoms with Crippen LogP contribution in [0.25, 0.3) is 6.08 Å². The number of piperidine rings is 1. The van der Waals surface area contributed by atoms with Crippen molar-refractivity contribution in [2.45, 2.75) is 26.7 Å². The van der Waals surface area contributed by atoms with E-state index in [0.29, 0.717) is 13.0 Å². The molecule has 0 bridgehead atoms. The molecule has 2 rings (SSSR count). The van der Waals surface area contributed by atoms with Gasteiger partial charge in [-0.3, -0.25) is 9.69 Å². The highest BCUT2D eigenvalue weighted by Crippen LogP contribution is 2.27. The summed E-state index contributed by atoms with van der Waals surface area (Å²) in [6.07, 6.45) is 3.75. The van der Waals surface area contributed by atoms with Gasteiger partial charge in [-0.05, 0) is 59.6 Å². The molecule has 1 aromatic rings. The molecule has 1 fully saturated rings. The lowest BCUT2D eigenvalue weighted by Gasteiger charge is -2.27. The van der Waals surface area contributed by atoms with Gasteiger partial charge in [-0.2, -0.15) is 0 Å². The first kappa shape index (κ1) is 16.2. The molecule has 0 aromatic heterocycles. The summed E-state index contributed by atoms with van der Waals surface area (Å²) in [7, 11) is 0. The minimum atomic E-state index is 0.271. The van der Waals surface area contributed by atoms with Gasteiger partial charge in [0.05, 0.1) is 11.1 Å². The molecule has 1 saturated heterocycles. The number of carbonyl (C=O) groups excluding carboxylic acids is 1. The van der Waals surface area contributed by atoms with Gasteiger partial charge >= 0.3 is 0 Å². The van der Waals surface area contributed by atoms with E-state index in [1.807, 2.05) is 31.2 Å². The van der Waals surface area contributed by atoms with Gasteiger partial charge in [0.2, 0.25) is 0 Å². The van der Waals surface area contributed by atoms with Crippen molar-refractivity contribution in [3.05, 3.63) is 33.8 Å². The summed E-state index contributed by atoms with van der Waals surface area (Å²) in [4.78, 5) is 14.4. The van der Waals surface area contributed by atoms with E-state index >= 15 is 0 Å². The molecule has 0 spiro atoms. The molecule has 114 valence electrons. The average Bonchev–Trinajstić information content (AvgIpc) is 2.46. The molecule has 1 aliphatic rings. The summed E-state index contributed by atoms with van der Waals surface area (Å²) >= 11 is 3.52. The molecule has 0 aliphatic carbocycles. The first-order valence-electron chi connectivity index (χ1n) is 7.52. The molecule has 0 saturated carbocycles. The Kier molecular flexibility index (Phi) is 6.00. The lowest BCUT2D eigenvalue weighted by molar-refractivity contribution is -0.117. The van der Waals surface area contributed by atoms with Crippen LogP contribution in [0.15, 0.2) is 28.2 Å². The van der Waals surface area contributed by atoms with E-state index in [4.69, 9.17) is 4.74 Å². The zero-order valence-corrected chi connectivity index (χ0v) is 14.3. The van der Waals surface area contributed by atoms with Crippen LogP contribution in [0, 0.1) is 0 Å². The SMILES string of the molecule is CCCN1CCC(=O)/C(=C/c2ccc(OCC)c(Br)c2)C1. The number of nitrogens with zero attached hydrogens (tertiary/aromatic N) is 1. The van der Waals surface area contributed by atoms with E-state index in [0.717, 1.165) is 47.4 Å². The average molecular weight is 352 g/mol. The fourth-order valence-electron chi connectivity index (χ4n) is 2.54. The van der Waals surface area contributed by atoms with Crippen molar-refractivity contribution in [3.63, 3.8) is 0 Å². The summed E-state index contributed by atoms with van der Waals surface area (Å²) < 4.78 is 6.43. The molecule has 1 aromatic carbocycles. The maximum Gasteiger partial charge on any atom is 0.161 e. The number of hydrogen-bond acceptors (Lipinski definition) is 3. The van der Waals surface area contributed by atoms with Gasteiger partial charge in [-0.1, -0.05) is 13.0 Å². The molecule has 4 heteroatoms. The Labute approximate surface area is 135 Å². The number of halogens is 1. The molecule has 1 heterocycles.